The first-order chi connectivity index (χ1) is 12.0. The Kier molecular flexibility index (Phi) is 5.42. The van der Waals surface area contributed by atoms with Crippen molar-refractivity contribution in [1.82, 2.24) is 9.78 Å². The molecule has 3 aromatic rings. The number of aryl methyl sites for hydroxylation is 1. The van der Waals surface area contributed by atoms with Crippen LogP contribution in [0.2, 0.25) is 5.15 Å². The lowest BCUT2D eigenvalue weighted by atomic mass is 10.1. The van der Waals surface area contributed by atoms with Crippen molar-refractivity contribution in [2.24, 2.45) is 12.8 Å². The number of halogens is 2. The maximum atomic E-state index is 13.3. The van der Waals surface area contributed by atoms with Crippen molar-refractivity contribution < 1.29 is 4.39 Å². The number of nitrogens with one attached hydrogen (secondary N) is 1. The number of rotatable bonds is 6. The van der Waals surface area contributed by atoms with Gasteiger partial charge in [0.15, 0.2) is 5.15 Å². The zero-order valence-corrected chi connectivity index (χ0v) is 15.7. The molecule has 0 unspecified atom stereocenters. The predicted octanol–water partition coefficient (Wildman–Crippen LogP) is 4.23. The van der Waals surface area contributed by atoms with Crippen molar-refractivity contribution in [3.63, 3.8) is 0 Å². The Morgan fingerprint density at radius 1 is 1.40 bits per heavy atom. The molecule has 0 aliphatic heterocycles. The van der Waals surface area contributed by atoms with Gasteiger partial charge in [-0.05, 0) is 37.1 Å². The molecule has 0 saturated carbocycles. The number of hydrogen-bond donors (Lipinski definition) is 2. The zero-order valence-electron chi connectivity index (χ0n) is 14.1. The van der Waals surface area contributed by atoms with Crippen LogP contribution in [0.1, 0.15) is 11.1 Å². The van der Waals surface area contributed by atoms with Crippen LogP contribution >= 0.6 is 22.9 Å². The molecule has 0 spiro atoms. The summed E-state index contributed by atoms with van der Waals surface area (Å²) in [4.78, 5) is 0. The number of thiophene rings is 1. The Hall–Kier alpha value is -1.89. The molecule has 2 heterocycles. The molecule has 0 saturated heterocycles. The first-order valence-corrected chi connectivity index (χ1v) is 9.22. The van der Waals surface area contributed by atoms with Gasteiger partial charge in [0.25, 0.3) is 0 Å². The van der Waals surface area contributed by atoms with Crippen LogP contribution in [0.15, 0.2) is 35.7 Å². The summed E-state index contributed by atoms with van der Waals surface area (Å²) in [6.07, 6.45) is 0.665. The van der Waals surface area contributed by atoms with Crippen LogP contribution in [-0.4, -0.2) is 22.4 Å². The van der Waals surface area contributed by atoms with Crippen LogP contribution in [0.3, 0.4) is 0 Å². The van der Waals surface area contributed by atoms with E-state index in [0.717, 1.165) is 27.4 Å². The lowest BCUT2D eigenvalue weighted by Gasteiger charge is -2.17. The van der Waals surface area contributed by atoms with Crippen molar-refractivity contribution in [2.75, 3.05) is 11.9 Å². The third-order valence-electron chi connectivity index (χ3n) is 4.10. The highest BCUT2D eigenvalue weighted by atomic mass is 35.5. The molecule has 0 fully saturated rings. The molecule has 25 heavy (non-hydrogen) atoms. The van der Waals surface area contributed by atoms with Gasteiger partial charge in [-0.3, -0.25) is 4.68 Å². The molecule has 0 amide bonds. The second-order valence-corrected chi connectivity index (χ2v) is 7.27. The van der Waals surface area contributed by atoms with E-state index in [1.807, 2.05) is 20.0 Å². The topological polar surface area (TPSA) is 55.9 Å². The smallest absolute Gasteiger partial charge is 0.154 e. The zero-order chi connectivity index (χ0) is 18.0. The molecule has 0 aliphatic rings. The summed E-state index contributed by atoms with van der Waals surface area (Å²) in [5, 5.41) is 11.3. The molecular formula is C18H20ClFN4S. The summed E-state index contributed by atoms with van der Waals surface area (Å²) in [6.45, 7) is 2.42. The fourth-order valence-electron chi connectivity index (χ4n) is 2.88. The number of benzene rings is 1. The van der Waals surface area contributed by atoms with Gasteiger partial charge in [-0.2, -0.15) is 5.10 Å². The van der Waals surface area contributed by atoms with Crippen molar-refractivity contribution in [3.8, 4) is 11.3 Å². The first-order valence-electron chi connectivity index (χ1n) is 7.97. The largest absolute Gasteiger partial charge is 0.373 e. The fourth-order valence-corrected chi connectivity index (χ4v) is 3.95. The van der Waals surface area contributed by atoms with Crippen molar-refractivity contribution in [1.29, 1.82) is 0 Å². The van der Waals surface area contributed by atoms with Gasteiger partial charge in [-0.1, -0.05) is 23.7 Å². The molecule has 0 aliphatic carbocycles. The second kappa shape index (κ2) is 7.56. The van der Waals surface area contributed by atoms with E-state index in [4.69, 9.17) is 17.3 Å². The number of nitrogens with two attached hydrogens (primary N) is 1. The van der Waals surface area contributed by atoms with Crippen molar-refractivity contribution in [2.45, 2.75) is 19.4 Å². The number of anilines is 1. The summed E-state index contributed by atoms with van der Waals surface area (Å²) in [5.74, 6) is -0.227. The van der Waals surface area contributed by atoms with Crippen LogP contribution in [0.4, 0.5) is 9.39 Å². The third-order valence-corrected chi connectivity index (χ3v) is 5.32. The standard InChI is InChI=1S/C18H20ClFN4S/c1-11-17(24(2)23-18(11)19)13-8-16(25-10-13)22-15(9-21)7-12-4-3-5-14(20)6-12/h3-6,8,10,15,22H,7,9,21H2,1-2H3/t15-/m0/s1. The SMILES string of the molecule is Cc1c(Cl)nn(C)c1-c1csc(N[C@H](CN)Cc2cccc(F)c2)c1. The average molecular weight is 379 g/mol. The van der Waals surface area contributed by atoms with Gasteiger partial charge in [-0.25, -0.2) is 4.39 Å². The summed E-state index contributed by atoms with van der Waals surface area (Å²) < 4.78 is 15.1. The normalized spacial score (nSPS) is 12.4. The summed E-state index contributed by atoms with van der Waals surface area (Å²) in [5.41, 5.74) is 9.85. The average Bonchev–Trinajstić information content (AvgIpc) is 3.11. The molecule has 1 atom stereocenters. The summed E-state index contributed by atoms with van der Waals surface area (Å²) in [6, 6.07) is 8.72. The maximum absolute atomic E-state index is 13.3. The van der Waals surface area contributed by atoms with Crippen LogP contribution in [-0.2, 0) is 13.5 Å². The maximum Gasteiger partial charge on any atom is 0.154 e. The van der Waals surface area contributed by atoms with Gasteiger partial charge in [0, 0.05) is 36.1 Å². The highest BCUT2D eigenvalue weighted by molar-refractivity contribution is 7.14. The molecular weight excluding hydrogens is 359 g/mol. The van der Waals surface area contributed by atoms with Gasteiger partial charge in [-0.15, -0.1) is 11.3 Å². The van der Waals surface area contributed by atoms with Crippen LogP contribution < -0.4 is 11.1 Å². The van der Waals surface area contributed by atoms with Crippen LogP contribution in [0.25, 0.3) is 11.3 Å². The van der Waals surface area contributed by atoms with Gasteiger partial charge < -0.3 is 11.1 Å². The molecule has 0 radical (unpaired) electrons. The van der Waals surface area contributed by atoms with E-state index >= 15 is 0 Å². The molecule has 3 rings (SSSR count). The van der Waals surface area contributed by atoms with E-state index in [1.165, 1.54) is 6.07 Å². The minimum atomic E-state index is -0.227. The molecule has 0 bridgehead atoms. The molecule has 132 valence electrons. The van der Waals surface area contributed by atoms with E-state index in [9.17, 15) is 4.39 Å². The Labute approximate surface area is 155 Å². The number of aromatic nitrogens is 2. The van der Waals surface area contributed by atoms with Gasteiger partial charge >= 0.3 is 0 Å². The van der Waals surface area contributed by atoms with Gasteiger partial charge in [0.05, 0.1) is 10.7 Å². The van der Waals surface area contributed by atoms with Crippen molar-refractivity contribution in [3.05, 3.63) is 57.8 Å². The Morgan fingerprint density at radius 2 is 2.20 bits per heavy atom. The number of nitrogens with zero attached hydrogens (tertiary/aromatic N) is 2. The van der Waals surface area contributed by atoms with E-state index in [0.29, 0.717) is 18.1 Å². The van der Waals surface area contributed by atoms with E-state index in [2.05, 4.69) is 21.9 Å². The van der Waals surface area contributed by atoms with E-state index in [-0.39, 0.29) is 11.9 Å². The highest BCUT2D eigenvalue weighted by Crippen LogP contribution is 2.33. The van der Waals surface area contributed by atoms with Crippen LogP contribution in [0.5, 0.6) is 0 Å². The van der Waals surface area contributed by atoms with Crippen molar-refractivity contribution >= 4 is 27.9 Å². The third kappa shape index (κ3) is 4.03. The molecule has 2 aromatic heterocycles. The molecule has 1 aromatic carbocycles. The predicted molar refractivity (Wildman–Crippen MR) is 103 cm³/mol. The minimum absolute atomic E-state index is 0.0320. The quantitative estimate of drug-likeness (QED) is 0.674. The highest BCUT2D eigenvalue weighted by Gasteiger charge is 2.15. The fraction of sp³-hybridized carbons (Fsp3) is 0.278. The Balaban J connectivity index is 1.75. The molecule has 7 heteroatoms. The molecule has 3 N–H and O–H groups in total. The first kappa shape index (κ1) is 17.9. The van der Waals surface area contributed by atoms with Gasteiger partial charge in [0.2, 0.25) is 0 Å². The lowest BCUT2D eigenvalue weighted by molar-refractivity contribution is 0.622. The Bertz CT molecular complexity index is 874. The minimum Gasteiger partial charge on any atom is -0.373 e. The Morgan fingerprint density at radius 3 is 2.84 bits per heavy atom. The summed E-state index contributed by atoms with van der Waals surface area (Å²) in [7, 11) is 1.88. The van der Waals surface area contributed by atoms with E-state index in [1.54, 1.807) is 28.2 Å². The van der Waals surface area contributed by atoms with Crippen LogP contribution in [0, 0.1) is 12.7 Å². The summed E-state index contributed by atoms with van der Waals surface area (Å²) >= 11 is 7.71. The van der Waals surface area contributed by atoms with E-state index < -0.39 is 0 Å². The van der Waals surface area contributed by atoms with Gasteiger partial charge in [0.1, 0.15) is 5.82 Å². The number of hydrogen-bond acceptors (Lipinski definition) is 4. The molecule has 4 nitrogen and oxygen atoms in total. The lowest BCUT2D eigenvalue weighted by Crippen LogP contribution is -2.30. The second-order valence-electron chi connectivity index (χ2n) is 6.00. The monoisotopic (exact) mass is 378 g/mol.